The summed E-state index contributed by atoms with van der Waals surface area (Å²) in [6.07, 6.45) is 1.90. The molecule has 1 aromatic heterocycles. The highest BCUT2D eigenvalue weighted by Gasteiger charge is 2.07. The number of aromatic nitrogens is 1. The number of nitrogens with zero attached hydrogens (tertiary/aromatic N) is 1. The lowest BCUT2D eigenvalue weighted by atomic mass is 10.0. The molecule has 0 atom stereocenters. The van der Waals surface area contributed by atoms with Gasteiger partial charge in [0.15, 0.2) is 0 Å². The van der Waals surface area contributed by atoms with E-state index in [1.165, 1.54) is 7.11 Å². The predicted molar refractivity (Wildman–Crippen MR) is 69.2 cm³/mol. The largest absolute Gasteiger partial charge is 0.469 e. The summed E-state index contributed by atoms with van der Waals surface area (Å²) in [7, 11) is 1.40. The standard InChI is InChI=1S/C14H16N2O3/c1-18-14(17)8-11-4-2-3-5-12(11)9-15-10-13-6-7-16-19-13/h2-7,15H,8-10H2,1H3. The fourth-order valence-corrected chi connectivity index (χ4v) is 1.78. The maximum Gasteiger partial charge on any atom is 0.309 e. The molecular weight excluding hydrogens is 244 g/mol. The van der Waals surface area contributed by atoms with Gasteiger partial charge in [-0.25, -0.2) is 0 Å². The quantitative estimate of drug-likeness (QED) is 0.800. The molecular formula is C14H16N2O3. The van der Waals surface area contributed by atoms with Gasteiger partial charge in [-0.2, -0.15) is 0 Å². The van der Waals surface area contributed by atoms with Crippen LogP contribution in [0.2, 0.25) is 0 Å². The SMILES string of the molecule is COC(=O)Cc1ccccc1CNCc1ccno1. The number of rotatable bonds is 6. The number of hydrogen-bond donors (Lipinski definition) is 1. The number of hydrogen-bond acceptors (Lipinski definition) is 5. The Hall–Kier alpha value is -2.14. The maximum atomic E-state index is 11.3. The van der Waals surface area contributed by atoms with Crippen molar-refractivity contribution in [1.82, 2.24) is 10.5 Å². The predicted octanol–water partition coefficient (Wildman–Crippen LogP) is 1.68. The molecule has 5 heteroatoms. The summed E-state index contributed by atoms with van der Waals surface area (Å²) in [6, 6.07) is 9.60. The van der Waals surface area contributed by atoms with E-state index in [0.717, 1.165) is 16.9 Å². The average Bonchev–Trinajstić information content (AvgIpc) is 2.94. The molecule has 2 rings (SSSR count). The van der Waals surface area contributed by atoms with E-state index < -0.39 is 0 Å². The molecule has 0 amide bonds. The van der Waals surface area contributed by atoms with E-state index in [1.807, 2.05) is 30.3 Å². The molecule has 1 heterocycles. The molecule has 0 aliphatic rings. The van der Waals surface area contributed by atoms with Crippen LogP contribution in [0.5, 0.6) is 0 Å². The number of ether oxygens (including phenoxy) is 1. The van der Waals surface area contributed by atoms with Crippen LogP contribution < -0.4 is 5.32 Å². The van der Waals surface area contributed by atoms with Crippen LogP contribution in [0.25, 0.3) is 0 Å². The number of carbonyl (C=O) groups is 1. The lowest BCUT2D eigenvalue weighted by molar-refractivity contribution is -0.139. The smallest absolute Gasteiger partial charge is 0.309 e. The van der Waals surface area contributed by atoms with Crippen molar-refractivity contribution in [2.45, 2.75) is 19.5 Å². The van der Waals surface area contributed by atoms with E-state index in [-0.39, 0.29) is 12.4 Å². The van der Waals surface area contributed by atoms with Crippen molar-refractivity contribution in [3.05, 3.63) is 53.4 Å². The molecule has 0 saturated heterocycles. The van der Waals surface area contributed by atoms with Gasteiger partial charge in [0.05, 0.1) is 26.3 Å². The molecule has 0 saturated carbocycles. The van der Waals surface area contributed by atoms with Crippen molar-refractivity contribution >= 4 is 5.97 Å². The number of carbonyl (C=O) groups excluding carboxylic acids is 1. The topological polar surface area (TPSA) is 64.4 Å². The van der Waals surface area contributed by atoms with Crippen molar-refractivity contribution < 1.29 is 14.1 Å². The Labute approximate surface area is 111 Å². The van der Waals surface area contributed by atoms with Gasteiger partial charge in [0.1, 0.15) is 5.76 Å². The Morgan fingerprint density at radius 1 is 1.26 bits per heavy atom. The highest BCUT2D eigenvalue weighted by atomic mass is 16.5. The molecule has 0 aliphatic heterocycles. The second-order valence-electron chi connectivity index (χ2n) is 4.10. The van der Waals surface area contributed by atoms with Gasteiger partial charge in [-0.3, -0.25) is 4.79 Å². The molecule has 100 valence electrons. The Balaban J connectivity index is 1.93. The van der Waals surface area contributed by atoms with Gasteiger partial charge in [-0.15, -0.1) is 0 Å². The van der Waals surface area contributed by atoms with Gasteiger partial charge >= 0.3 is 5.97 Å². The Morgan fingerprint density at radius 2 is 2.05 bits per heavy atom. The fraction of sp³-hybridized carbons (Fsp3) is 0.286. The van der Waals surface area contributed by atoms with E-state index in [4.69, 9.17) is 4.52 Å². The Kier molecular flexibility index (Phi) is 4.69. The zero-order chi connectivity index (χ0) is 13.5. The molecule has 1 aromatic carbocycles. The normalized spacial score (nSPS) is 10.4. The Bertz CT molecular complexity index is 523. The van der Waals surface area contributed by atoms with Crippen LogP contribution in [0.1, 0.15) is 16.9 Å². The summed E-state index contributed by atoms with van der Waals surface area (Å²) < 4.78 is 9.69. The zero-order valence-corrected chi connectivity index (χ0v) is 10.8. The number of nitrogens with one attached hydrogen (secondary N) is 1. The molecule has 1 N–H and O–H groups in total. The lowest BCUT2D eigenvalue weighted by Gasteiger charge is -2.09. The van der Waals surface area contributed by atoms with E-state index in [1.54, 1.807) is 6.20 Å². The van der Waals surface area contributed by atoms with Crippen LogP contribution in [0, 0.1) is 0 Å². The molecule has 2 aromatic rings. The van der Waals surface area contributed by atoms with Gasteiger partial charge in [0.25, 0.3) is 0 Å². The number of benzene rings is 1. The molecule has 0 spiro atoms. The van der Waals surface area contributed by atoms with E-state index in [0.29, 0.717) is 13.1 Å². The fourth-order valence-electron chi connectivity index (χ4n) is 1.78. The van der Waals surface area contributed by atoms with E-state index in [9.17, 15) is 4.79 Å². The maximum absolute atomic E-state index is 11.3. The summed E-state index contributed by atoms with van der Waals surface area (Å²) in [4.78, 5) is 11.3. The molecule has 0 aliphatic carbocycles. The van der Waals surface area contributed by atoms with Crippen LogP contribution in [-0.4, -0.2) is 18.2 Å². The van der Waals surface area contributed by atoms with E-state index in [2.05, 4.69) is 15.2 Å². The molecule has 0 bridgehead atoms. The molecule has 0 radical (unpaired) electrons. The molecule has 0 unspecified atom stereocenters. The second kappa shape index (κ2) is 6.70. The Morgan fingerprint density at radius 3 is 2.74 bits per heavy atom. The van der Waals surface area contributed by atoms with Gasteiger partial charge in [-0.05, 0) is 11.1 Å². The van der Waals surface area contributed by atoms with Gasteiger partial charge in [0, 0.05) is 12.6 Å². The summed E-state index contributed by atoms with van der Waals surface area (Å²) in [6.45, 7) is 1.26. The first-order chi connectivity index (χ1) is 9.29. The molecule has 5 nitrogen and oxygen atoms in total. The zero-order valence-electron chi connectivity index (χ0n) is 10.8. The van der Waals surface area contributed by atoms with Crippen LogP contribution in [0.3, 0.4) is 0 Å². The van der Waals surface area contributed by atoms with Crippen molar-refractivity contribution in [2.75, 3.05) is 7.11 Å². The van der Waals surface area contributed by atoms with Crippen molar-refractivity contribution in [3.63, 3.8) is 0 Å². The number of methoxy groups -OCH3 is 1. The first-order valence-electron chi connectivity index (χ1n) is 6.03. The van der Waals surface area contributed by atoms with Crippen LogP contribution >= 0.6 is 0 Å². The van der Waals surface area contributed by atoms with Gasteiger partial charge < -0.3 is 14.6 Å². The highest BCUT2D eigenvalue weighted by Crippen LogP contribution is 2.10. The third-order valence-electron chi connectivity index (χ3n) is 2.79. The van der Waals surface area contributed by atoms with Gasteiger partial charge in [-0.1, -0.05) is 29.4 Å². The van der Waals surface area contributed by atoms with Crippen LogP contribution in [0.15, 0.2) is 41.1 Å². The first-order valence-corrected chi connectivity index (χ1v) is 6.03. The molecule has 0 fully saturated rings. The minimum atomic E-state index is -0.234. The monoisotopic (exact) mass is 260 g/mol. The number of esters is 1. The average molecular weight is 260 g/mol. The van der Waals surface area contributed by atoms with Crippen molar-refractivity contribution in [3.8, 4) is 0 Å². The summed E-state index contributed by atoms with van der Waals surface area (Å²) in [5.41, 5.74) is 2.05. The summed E-state index contributed by atoms with van der Waals surface area (Å²) >= 11 is 0. The third kappa shape index (κ3) is 3.93. The van der Waals surface area contributed by atoms with Crippen LogP contribution in [0.4, 0.5) is 0 Å². The highest BCUT2D eigenvalue weighted by molar-refractivity contribution is 5.72. The second-order valence-corrected chi connectivity index (χ2v) is 4.10. The first kappa shape index (κ1) is 13.3. The van der Waals surface area contributed by atoms with Crippen molar-refractivity contribution in [2.24, 2.45) is 0 Å². The summed E-state index contributed by atoms with van der Waals surface area (Å²) in [5.74, 6) is 0.549. The van der Waals surface area contributed by atoms with Crippen molar-refractivity contribution in [1.29, 1.82) is 0 Å². The molecule has 19 heavy (non-hydrogen) atoms. The van der Waals surface area contributed by atoms with Crippen LogP contribution in [-0.2, 0) is 29.0 Å². The minimum Gasteiger partial charge on any atom is -0.469 e. The lowest BCUT2D eigenvalue weighted by Crippen LogP contribution is -2.15. The van der Waals surface area contributed by atoms with E-state index >= 15 is 0 Å². The minimum absolute atomic E-state index is 0.234. The van der Waals surface area contributed by atoms with Gasteiger partial charge in [0.2, 0.25) is 0 Å². The summed E-state index contributed by atoms with van der Waals surface area (Å²) in [5, 5.41) is 6.89. The third-order valence-corrected chi connectivity index (χ3v) is 2.79.